The third kappa shape index (κ3) is 1.18. The van der Waals surface area contributed by atoms with Crippen molar-refractivity contribution >= 4 is 0 Å². The van der Waals surface area contributed by atoms with Crippen LogP contribution in [0.15, 0.2) is 0 Å². The van der Waals surface area contributed by atoms with Crippen LogP contribution in [0.25, 0.3) is 0 Å². The van der Waals surface area contributed by atoms with E-state index in [4.69, 9.17) is 0 Å². The number of likely N-dealkylation sites (N-methyl/N-ethyl adjacent to an activating group) is 1. The molecule has 2 fully saturated rings. The standard InChI is InChI=1S/C8H16N2/c1-10-5-3-2-4-8(7-10)6-9-8/h9H,2-7H2,1H3. The average molecular weight is 140 g/mol. The molecule has 1 atom stereocenters. The lowest BCUT2D eigenvalue weighted by Crippen LogP contribution is -2.31. The molecule has 0 radical (unpaired) electrons. The van der Waals surface area contributed by atoms with Gasteiger partial charge >= 0.3 is 0 Å². The van der Waals surface area contributed by atoms with Crippen molar-refractivity contribution in [3.05, 3.63) is 0 Å². The monoisotopic (exact) mass is 140 g/mol. The number of rotatable bonds is 0. The van der Waals surface area contributed by atoms with Crippen molar-refractivity contribution in [2.75, 3.05) is 26.7 Å². The van der Waals surface area contributed by atoms with Gasteiger partial charge in [0.1, 0.15) is 0 Å². The van der Waals surface area contributed by atoms with Crippen LogP contribution in [0.2, 0.25) is 0 Å². The van der Waals surface area contributed by atoms with Crippen molar-refractivity contribution in [3.8, 4) is 0 Å². The molecule has 2 aliphatic heterocycles. The normalized spacial score (nSPS) is 41.7. The predicted molar refractivity (Wildman–Crippen MR) is 42.1 cm³/mol. The maximum absolute atomic E-state index is 3.48. The topological polar surface area (TPSA) is 25.2 Å². The van der Waals surface area contributed by atoms with E-state index in [-0.39, 0.29) is 0 Å². The van der Waals surface area contributed by atoms with Gasteiger partial charge in [-0.3, -0.25) is 0 Å². The summed E-state index contributed by atoms with van der Waals surface area (Å²) in [5, 5.41) is 3.48. The van der Waals surface area contributed by atoms with Crippen LogP contribution in [-0.4, -0.2) is 37.1 Å². The molecule has 0 amide bonds. The fourth-order valence-corrected chi connectivity index (χ4v) is 1.93. The van der Waals surface area contributed by atoms with Crippen LogP contribution < -0.4 is 5.32 Å². The van der Waals surface area contributed by atoms with Crippen LogP contribution in [0.4, 0.5) is 0 Å². The molecule has 0 bridgehead atoms. The van der Waals surface area contributed by atoms with E-state index in [0.717, 1.165) is 0 Å². The molecule has 58 valence electrons. The molecule has 1 spiro atoms. The third-order valence-corrected chi connectivity index (χ3v) is 2.69. The lowest BCUT2D eigenvalue weighted by molar-refractivity contribution is 0.321. The quantitative estimate of drug-likeness (QED) is 0.494. The van der Waals surface area contributed by atoms with Gasteiger partial charge in [-0.25, -0.2) is 0 Å². The maximum Gasteiger partial charge on any atom is 0.0435 e. The molecule has 2 heteroatoms. The van der Waals surface area contributed by atoms with Gasteiger partial charge < -0.3 is 10.2 Å². The smallest absolute Gasteiger partial charge is 0.0435 e. The van der Waals surface area contributed by atoms with Gasteiger partial charge in [-0.1, -0.05) is 6.42 Å². The van der Waals surface area contributed by atoms with E-state index in [0.29, 0.717) is 5.54 Å². The lowest BCUT2D eigenvalue weighted by atomic mass is 10.0. The number of hydrogen-bond donors (Lipinski definition) is 1. The van der Waals surface area contributed by atoms with Crippen molar-refractivity contribution in [3.63, 3.8) is 0 Å². The van der Waals surface area contributed by atoms with Gasteiger partial charge in [-0.15, -0.1) is 0 Å². The highest BCUT2D eigenvalue weighted by Crippen LogP contribution is 2.27. The van der Waals surface area contributed by atoms with Crippen LogP contribution in [0.5, 0.6) is 0 Å². The molecule has 1 N–H and O–H groups in total. The molecule has 1 unspecified atom stereocenters. The zero-order valence-corrected chi connectivity index (χ0v) is 6.69. The van der Waals surface area contributed by atoms with Gasteiger partial charge in [0.2, 0.25) is 0 Å². The molecule has 2 aliphatic rings. The van der Waals surface area contributed by atoms with Crippen LogP contribution in [-0.2, 0) is 0 Å². The summed E-state index contributed by atoms with van der Waals surface area (Å²) in [5.41, 5.74) is 0.561. The molecule has 2 rings (SSSR count). The second kappa shape index (κ2) is 2.21. The zero-order chi connectivity index (χ0) is 7.03. The summed E-state index contributed by atoms with van der Waals surface area (Å²) in [6, 6.07) is 0. The van der Waals surface area contributed by atoms with Gasteiger partial charge in [-0.2, -0.15) is 0 Å². The first kappa shape index (κ1) is 6.62. The summed E-state index contributed by atoms with van der Waals surface area (Å²) in [7, 11) is 2.23. The summed E-state index contributed by atoms with van der Waals surface area (Å²) >= 11 is 0. The largest absolute Gasteiger partial charge is 0.307 e. The van der Waals surface area contributed by atoms with Crippen LogP contribution in [0.1, 0.15) is 19.3 Å². The van der Waals surface area contributed by atoms with Crippen LogP contribution in [0.3, 0.4) is 0 Å². The Hall–Kier alpha value is -0.0800. The van der Waals surface area contributed by atoms with E-state index in [2.05, 4.69) is 17.3 Å². The van der Waals surface area contributed by atoms with E-state index >= 15 is 0 Å². The van der Waals surface area contributed by atoms with Crippen LogP contribution >= 0.6 is 0 Å². The second-order valence-corrected chi connectivity index (χ2v) is 3.83. The maximum atomic E-state index is 3.48. The molecule has 0 aromatic carbocycles. The van der Waals surface area contributed by atoms with Gasteiger partial charge in [-0.05, 0) is 26.4 Å². The Labute approximate surface area is 62.6 Å². The highest BCUT2D eigenvalue weighted by molar-refractivity contribution is 5.06. The predicted octanol–water partition coefficient (Wildman–Crippen LogP) is 0.444. The van der Waals surface area contributed by atoms with Gasteiger partial charge in [0, 0.05) is 18.6 Å². The first-order chi connectivity index (χ1) is 4.81. The van der Waals surface area contributed by atoms with Gasteiger partial charge in [0.15, 0.2) is 0 Å². The lowest BCUT2D eigenvalue weighted by Gasteiger charge is -2.16. The van der Waals surface area contributed by atoms with E-state index in [1.165, 1.54) is 38.9 Å². The SMILES string of the molecule is CN1CCCCC2(CN2)C1. The molecule has 2 nitrogen and oxygen atoms in total. The Bertz CT molecular complexity index is 129. The molecular weight excluding hydrogens is 124 g/mol. The highest BCUT2D eigenvalue weighted by atomic mass is 15.2. The highest BCUT2D eigenvalue weighted by Gasteiger charge is 2.42. The van der Waals surface area contributed by atoms with Crippen molar-refractivity contribution in [2.45, 2.75) is 24.8 Å². The van der Waals surface area contributed by atoms with E-state index in [9.17, 15) is 0 Å². The molecule has 0 aliphatic carbocycles. The van der Waals surface area contributed by atoms with Gasteiger partial charge in [0.05, 0.1) is 0 Å². The first-order valence-electron chi connectivity index (χ1n) is 4.24. The number of hydrogen-bond acceptors (Lipinski definition) is 2. The summed E-state index contributed by atoms with van der Waals surface area (Å²) in [6.07, 6.45) is 4.20. The number of nitrogens with one attached hydrogen (secondary N) is 1. The van der Waals surface area contributed by atoms with Crippen LogP contribution in [0, 0.1) is 0 Å². The molecule has 2 heterocycles. The Morgan fingerprint density at radius 1 is 1.40 bits per heavy atom. The molecule has 0 aromatic rings. The molecular formula is C8H16N2. The first-order valence-corrected chi connectivity index (χ1v) is 4.24. The summed E-state index contributed by atoms with van der Waals surface area (Å²) in [4.78, 5) is 2.45. The number of likely N-dealkylation sites (tertiary alicyclic amines) is 1. The zero-order valence-electron chi connectivity index (χ0n) is 6.69. The second-order valence-electron chi connectivity index (χ2n) is 3.83. The fourth-order valence-electron chi connectivity index (χ4n) is 1.93. The Morgan fingerprint density at radius 2 is 2.20 bits per heavy atom. The van der Waals surface area contributed by atoms with Crippen molar-refractivity contribution in [1.82, 2.24) is 10.2 Å². The average Bonchev–Trinajstić information content (AvgIpc) is 2.64. The van der Waals surface area contributed by atoms with Crippen molar-refractivity contribution < 1.29 is 0 Å². The van der Waals surface area contributed by atoms with E-state index in [1.807, 2.05) is 0 Å². The Balaban J connectivity index is 1.96. The van der Waals surface area contributed by atoms with Crippen molar-refractivity contribution in [2.24, 2.45) is 0 Å². The third-order valence-electron chi connectivity index (χ3n) is 2.69. The summed E-state index contributed by atoms with van der Waals surface area (Å²) < 4.78 is 0. The minimum absolute atomic E-state index is 0.561. The summed E-state index contributed by atoms with van der Waals surface area (Å²) in [6.45, 7) is 3.83. The molecule has 10 heavy (non-hydrogen) atoms. The van der Waals surface area contributed by atoms with E-state index in [1.54, 1.807) is 0 Å². The Kier molecular flexibility index (Phi) is 1.46. The Morgan fingerprint density at radius 3 is 2.90 bits per heavy atom. The van der Waals surface area contributed by atoms with Crippen molar-refractivity contribution in [1.29, 1.82) is 0 Å². The minimum Gasteiger partial charge on any atom is -0.307 e. The molecule has 2 saturated heterocycles. The van der Waals surface area contributed by atoms with E-state index < -0.39 is 0 Å². The van der Waals surface area contributed by atoms with Gasteiger partial charge in [0.25, 0.3) is 0 Å². The number of nitrogens with zero attached hydrogens (tertiary/aromatic N) is 1. The molecule has 0 saturated carbocycles. The summed E-state index contributed by atoms with van der Waals surface area (Å²) in [5.74, 6) is 0. The minimum atomic E-state index is 0.561. The fraction of sp³-hybridized carbons (Fsp3) is 1.00. The molecule has 0 aromatic heterocycles.